The van der Waals surface area contributed by atoms with Gasteiger partial charge in [0.15, 0.2) is 0 Å². The number of nitrogens with zero attached hydrogens (tertiary/aromatic N) is 1. The van der Waals surface area contributed by atoms with Crippen molar-refractivity contribution in [1.82, 2.24) is 5.32 Å². The minimum atomic E-state index is -0.758. The smallest absolute Gasteiger partial charge is 0.240 e. The van der Waals surface area contributed by atoms with E-state index in [-0.39, 0.29) is 24.2 Å². The SMILES string of the molecule is CC(C)CC(=O)N[C@@H](C(N)=O)[C@H](C)CC#N. The van der Waals surface area contributed by atoms with E-state index in [4.69, 9.17) is 11.0 Å². The zero-order valence-electron chi connectivity index (χ0n) is 9.99. The van der Waals surface area contributed by atoms with E-state index in [0.717, 1.165) is 0 Å². The zero-order chi connectivity index (χ0) is 12.7. The number of carbonyl (C=O) groups is 2. The van der Waals surface area contributed by atoms with Crippen molar-refractivity contribution in [2.75, 3.05) is 0 Å². The van der Waals surface area contributed by atoms with Crippen molar-refractivity contribution in [3.05, 3.63) is 0 Å². The summed E-state index contributed by atoms with van der Waals surface area (Å²) >= 11 is 0. The summed E-state index contributed by atoms with van der Waals surface area (Å²) in [7, 11) is 0. The fourth-order valence-corrected chi connectivity index (χ4v) is 1.36. The van der Waals surface area contributed by atoms with Gasteiger partial charge in [-0.05, 0) is 11.8 Å². The van der Waals surface area contributed by atoms with Crippen LogP contribution in [0.4, 0.5) is 0 Å². The first-order valence-electron chi connectivity index (χ1n) is 5.34. The van der Waals surface area contributed by atoms with Crippen LogP contribution in [0.15, 0.2) is 0 Å². The van der Waals surface area contributed by atoms with E-state index in [2.05, 4.69) is 5.32 Å². The van der Waals surface area contributed by atoms with Gasteiger partial charge in [0.05, 0.1) is 6.07 Å². The number of primary amides is 1. The molecule has 0 heterocycles. The lowest BCUT2D eigenvalue weighted by Gasteiger charge is -2.20. The lowest BCUT2D eigenvalue weighted by atomic mass is 9.98. The highest BCUT2D eigenvalue weighted by Gasteiger charge is 2.24. The van der Waals surface area contributed by atoms with Crippen molar-refractivity contribution < 1.29 is 9.59 Å². The van der Waals surface area contributed by atoms with Crippen LogP contribution in [0.5, 0.6) is 0 Å². The Morgan fingerprint density at radius 3 is 2.31 bits per heavy atom. The highest BCUT2D eigenvalue weighted by molar-refractivity contribution is 5.86. The van der Waals surface area contributed by atoms with Crippen molar-refractivity contribution in [3.63, 3.8) is 0 Å². The Balaban J connectivity index is 4.40. The van der Waals surface area contributed by atoms with Crippen LogP contribution in [0, 0.1) is 23.2 Å². The minimum absolute atomic E-state index is 0.190. The number of rotatable bonds is 6. The van der Waals surface area contributed by atoms with E-state index in [0.29, 0.717) is 6.42 Å². The molecule has 0 saturated heterocycles. The fourth-order valence-electron chi connectivity index (χ4n) is 1.36. The van der Waals surface area contributed by atoms with Crippen LogP contribution in [-0.4, -0.2) is 17.9 Å². The van der Waals surface area contributed by atoms with Crippen molar-refractivity contribution in [3.8, 4) is 6.07 Å². The monoisotopic (exact) mass is 225 g/mol. The van der Waals surface area contributed by atoms with Crippen LogP contribution in [0.25, 0.3) is 0 Å². The third-order valence-electron chi connectivity index (χ3n) is 2.20. The predicted octanol–water partition coefficient (Wildman–Crippen LogP) is 0.552. The van der Waals surface area contributed by atoms with Gasteiger partial charge in [-0.25, -0.2) is 0 Å². The van der Waals surface area contributed by atoms with E-state index < -0.39 is 11.9 Å². The second kappa shape index (κ2) is 6.83. The minimum Gasteiger partial charge on any atom is -0.368 e. The second-order valence-electron chi connectivity index (χ2n) is 4.39. The van der Waals surface area contributed by atoms with Crippen LogP contribution in [-0.2, 0) is 9.59 Å². The summed E-state index contributed by atoms with van der Waals surface area (Å²) in [5, 5.41) is 11.1. The molecule has 5 nitrogen and oxygen atoms in total. The molecule has 0 fully saturated rings. The lowest BCUT2D eigenvalue weighted by molar-refractivity contribution is -0.128. The second-order valence-corrected chi connectivity index (χ2v) is 4.39. The Kier molecular flexibility index (Phi) is 6.16. The normalized spacial score (nSPS) is 13.9. The third-order valence-corrected chi connectivity index (χ3v) is 2.20. The highest BCUT2D eigenvalue weighted by atomic mass is 16.2. The van der Waals surface area contributed by atoms with Gasteiger partial charge in [-0.15, -0.1) is 0 Å². The summed E-state index contributed by atoms with van der Waals surface area (Å²) in [6.45, 7) is 5.55. The molecular formula is C11H19N3O2. The number of hydrogen-bond acceptors (Lipinski definition) is 3. The molecule has 0 aliphatic carbocycles. The Labute approximate surface area is 96.0 Å². The Bertz CT molecular complexity index is 294. The van der Waals surface area contributed by atoms with Gasteiger partial charge in [0.1, 0.15) is 6.04 Å². The van der Waals surface area contributed by atoms with Gasteiger partial charge in [0, 0.05) is 12.8 Å². The topological polar surface area (TPSA) is 96.0 Å². The molecule has 0 spiro atoms. The lowest BCUT2D eigenvalue weighted by Crippen LogP contribution is -2.48. The number of amides is 2. The van der Waals surface area contributed by atoms with Crippen LogP contribution in [0.2, 0.25) is 0 Å². The quantitative estimate of drug-likeness (QED) is 0.691. The standard InChI is InChI=1S/C11H19N3O2/c1-7(2)6-9(15)14-10(11(13)16)8(3)4-5-12/h7-8,10H,4,6H2,1-3H3,(H2,13,16)(H,14,15)/t8-,10-/m1/s1. The summed E-state index contributed by atoms with van der Waals surface area (Å²) in [5.41, 5.74) is 5.18. The molecule has 0 rings (SSSR count). The van der Waals surface area contributed by atoms with E-state index >= 15 is 0 Å². The molecule has 0 aromatic carbocycles. The van der Waals surface area contributed by atoms with Gasteiger partial charge in [0.25, 0.3) is 0 Å². The Hall–Kier alpha value is -1.57. The summed E-state index contributed by atoms with van der Waals surface area (Å²) in [6, 6.07) is 1.20. The number of nitriles is 1. The maximum absolute atomic E-state index is 11.5. The largest absolute Gasteiger partial charge is 0.368 e. The molecule has 3 N–H and O–H groups in total. The summed E-state index contributed by atoms with van der Waals surface area (Å²) in [5.74, 6) is -0.846. The predicted molar refractivity (Wildman–Crippen MR) is 60.0 cm³/mol. The van der Waals surface area contributed by atoms with Crippen LogP contribution in [0.3, 0.4) is 0 Å². The first-order chi connectivity index (χ1) is 7.38. The molecule has 0 unspecified atom stereocenters. The van der Waals surface area contributed by atoms with Gasteiger partial charge >= 0.3 is 0 Å². The molecule has 0 aliphatic heterocycles. The highest BCUT2D eigenvalue weighted by Crippen LogP contribution is 2.08. The molecule has 5 heteroatoms. The van der Waals surface area contributed by atoms with Gasteiger partial charge in [-0.2, -0.15) is 5.26 Å². The average molecular weight is 225 g/mol. The molecule has 0 saturated carbocycles. The number of nitrogens with two attached hydrogens (primary N) is 1. The first kappa shape index (κ1) is 14.4. The average Bonchev–Trinajstić information content (AvgIpc) is 2.12. The third kappa shape index (κ3) is 5.35. The zero-order valence-corrected chi connectivity index (χ0v) is 9.99. The molecule has 2 amide bonds. The van der Waals surface area contributed by atoms with Gasteiger partial charge in [-0.3, -0.25) is 9.59 Å². The van der Waals surface area contributed by atoms with Crippen molar-refractivity contribution in [2.45, 2.75) is 39.7 Å². The number of nitrogens with one attached hydrogen (secondary N) is 1. The van der Waals surface area contributed by atoms with Crippen LogP contribution in [0.1, 0.15) is 33.6 Å². The number of hydrogen-bond donors (Lipinski definition) is 2. The first-order valence-corrected chi connectivity index (χ1v) is 5.34. The summed E-state index contributed by atoms with van der Waals surface area (Å²) in [4.78, 5) is 22.6. The maximum Gasteiger partial charge on any atom is 0.240 e. The maximum atomic E-state index is 11.5. The van der Waals surface area contributed by atoms with E-state index in [1.807, 2.05) is 19.9 Å². The van der Waals surface area contributed by atoms with Crippen molar-refractivity contribution >= 4 is 11.8 Å². The number of carbonyl (C=O) groups excluding carboxylic acids is 2. The Morgan fingerprint density at radius 1 is 1.38 bits per heavy atom. The van der Waals surface area contributed by atoms with Gasteiger partial charge in [-0.1, -0.05) is 20.8 Å². The van der Waals surface area contributed by atoms with Crippen LogP contribution < -0.4 is 11.1 Å². The Morgan fingerprint density at radius 2 is 1.94 bits per heavy atom. The molecule has 0 aromatic rings. The van der Waals surface area contributed by atoms with Crippen LogP contribution >= 0.6 is 0 Å². The van der Waals surface area contributed by atoms with Gasteiger partial charge < -0.3 is 11.1 Å². The van der Waals surface area contributed by atoms with Crippen molar-refractivity contribution in [2.24, 2.45) is 17.6 Å². The van der Waals surface area contributed by atoms with Crippen molar-refractivity contribution in [1.29, 1.82) is 5.26 Å². The van der Waals surface area contributed by atoms with E-state index in [9.17, 15) is 9.59 Å². The molecule has 90 valence electrons. The molecule has 0 aromatic heterocycles. The molecular weight excluding hydrogens is 206 g/mol. The molecule has 0 bridgehead atoms. The molecule has 16 heavy (non-hydrogen) atoms. The fraction of sp³-hybridized carbons (Fsp3) is 0.727. The van der Waals surface area contributed by atoms with E-state index in [1.54, 1.807) is 6.92 Å². The molecule has 0 radical (unpaired) electrons. The van der Waals surface area contributed by atoms with E-state index in [1.165, 1.54) is 0 Å². The molecule has 0 aliphatic rings. The molecule has 2 atom stereocenters. The van der Waals surface area contributed by atoms with Gasteiger partial charge in [0.2, 0.25) is 11.8 Å². The summed E-state index contributed by atoms with van der Waals surface area (Å²) < 4.78 is 0. The summed E-state index contributed by atoms with van der Waals surface area (Å²) in [6.07, 6.45) is 0.540.